The van der Waals surface area contributed by atoms with E-state index < -0.39 is 0 Å². The van der Waals surface area contributed by atoms with E-state index in [1.54, 1.807) is 0 Å². The van der Waals surface area contributed by atoms with Gasteiger partial charge >= 0.3 is 0 Å². The molecule has 0 spiro atoms. The molecule has 0 radical (unpaired) electrons. The van der Waals surface area contributed by atoms with Crippen molar-refractivity contribution in [2.24, 2.45) is 16.8 Å². The molecule has 0 N–H and O–H groups in total. The van der Waals surface area contributed by atoms with Gasteiger partial charge in [0.25, 0.3) is 0 Å². The standard InChI is InChI=1S/C11H19N/c1-8(2)5-10-6-11(9(3)4)12-7-10/h7-9H,5-6H2,1-4H3. The van der Waals surface area contributed by atoms with E-state index in [9.17, 15) is 0 Å². The van der Waals surface area contributed by atoms with E-state index >= 15 is 0 Å². The fraction of sp³-hybridized carbons (Fsp3) is 0.727. The predicted octanol–water partition coefficient (Wildman–Crippen LogP) is 3.42. The van der Waals surface area contributed by atoms with Crippen LogP contribution in [0.3, 0.4) is 0 Å². The molecule has 1 heteroatoms. The summed E-state index contributed by atoms with van der Waals surface area (Å²) >= 11 is 0. The Hall–Kier alpha value is -0.590. The van der Waals surface area contributed by atoms with Crippen LogP contribution in [0.5, 0.6) is 0 Å². The van der Waals surface area contributed by atoms with E-state index in [-0.39, 0.29) is 0 Å². The van der Waals surface area contributed by atoms with Crippen LogP contribution in [0.1, 0.15) is 40.5 Å². The SMILES string of the molecule is CC(C)CC1=CN=C(C(C)C)C1. The minimum Gasteiger partial charge on any atom is -0.265 e. The zero-order valence-corrected chi connectivity index (χ0v) is 8.59. The van der Waals surface area contributed by atoms with E-state index in [4.69, 9.17) is 0 Å². The number of nitrogens with zero attached hydrogens (tertiary/aromatic N) is 1. The molecule has 1 heterocycles. The summed E-state index contributed by atoms with van der Waals surface area (Å²) in [5.74, 6) is 1.38. The third kappa shape index (κ3) is 2.47. The van der Waals surface area contributed by atoms with Gasteiger partial charge in [0.05, 0.1) is 0 Å². The van der Waals surface area contributed by atoms with E-state index in [1.807, 2.05) is 0 Å². The zero-order valence-electron chi connectivity index (χ0n) is 8.59. The van der Waals surface area contributed by atoms with Crippen molar-refractivity contribution in [3.63, 3.8) is 0 Å². The highest BCUT2D eigenvalue weighted by molar-refractivity contribution is 5.90. The van der Waals surface area contributed by atoms with Crippen molar-refractivity contribution >= 4 is 5.71 Å². The summed E-state index contributed by atoms with van der Waals surface area (Å²) in [6.45, 7) is 8.94. The highest BCUT2D eigenvalue weighted by Gasteiger charge is 2.13. The molecule has 0 atom stereocenters. The lowest BCUT2D eigenvalue weighted by Gasteiger charge is -2.07. The van der Waals surface area contributed by atoms with Gasteiger partial charge in [-0.1, -0.05) is 27.7 Å². The summed E-state index contributed by atoms with van der Waals surface area (Å²) in [6.07, 6.45) is 4.39. The molecule has 0 amide bonds. The first-order valence-corrected chi connectivity index (χ1v) is 4.84. The quantitative estimate of drug-likeness (QED) is 0.607. The van der Waals surface area contributed by atoms with Gasteiger partial charge in [-0.25, -0.2) is 0 Å². The second-order valence-electron chi connectivity index (χ2n) is 4.34. The molecular formula is C11H19N. The van der Waals surface area contributed by atoms with Gasteiger partial charge in [-0.15, -0.1) is 0 Å². The summed E-state index contributed by atoms with van der Waals surface area (Å²) in [6, 6.07) is 0. The molecule has 0 aromatic rings. The monoisotopic (exact) mass is 165 g/mol. The first-order valence-electron chi connectivity index (χ1n) is 4.84. The van der Waals surface area contributed by atoms with Gasteiger partial charge < -0.3 is 0 Å². The van der Waals surface area contributed by atoms with Crippen LogP contribution in [-0.2, 0) is 0 Å². The Labute approximate surface area is 75.6 Å². The number of aliphatic imine (C=N–C) groups is 1. The Morgan fingerprint density at radius 3 is 2.42 bits per heavy atom. The second-order valence-corrected chi connectivity index (χ2v) is 4.34. The molecule has 0 saturated carbocycles. The minimum absolute atomic E-state index is 0.617. The van der Waals surface area contributed by atoms with Crippen molar-refractivity contribution < 1.29 is 0 Å². The number of hydrogen-bond donors (Lipinski definition) is 0. The topological polar surface area (TPSA) is 12.4 Å². The van der Waals surface area contributed by atoms with Crippen molar-refractivity contribution in [3.05, 3.63) is 11.8 Å². The molecule has 12 heavy (non-hydrogen) atoms. The lowest BCUT2D eigenvalue weighted by atomic mass is 9.97. The zero-order chi connectivity index (χ0) is 9.14. The Bertz CT molecular complexity index is 209. The predicted molar refractivity (Wildman–Crippen MR) is 54.4 cm³/mol. The maximum Gasteiger partial charge on any atom is 0.0263 e. The summed E-state index contributed by atoms with van der Waals surface area (Å²) in [7, 11) is 0. The van der Waals surface area contributed by atoms with Crippen molar-refractivity contribution in [2.75, 3.05) is 0 Å². The average molecular weight is 165 g/mol. The summed E-state index contributed by atoms with van der Waals surface area (Å²) in [5.41, 5.74) is 2.86. The Morgan fingerprint density at radius 2 is 2.00 bits per heavy atom. The van der Waals surface area contributed by atoms with Crippen LogP contribution in [0.25, 0.3) is 0 Å². The average Bonchev–Trinajstić information content (AvgIpc) is 2.34. The molecule has 68 valence electrons. The van der Waals surface area contributed by atoms with Crippen LogP contribution < -0.4 is 0 Å². The maximum atomic E-state index is 4.42. The summed E-state index contributed by atoms with van der Waals surface area (Å²) in [4.78, 5) is 4.42. The summed E-state index contributed by atoms with van der Waals surface area (Å²) < 4.78 is 0. The molecule has 0 aliphatic carbocycles. The van der Waals surface area contributed by atoms with Gasteiger partial charge in [-0.2, -0.15) is 0 Å². The highest BCUT2D eigenvalue weighted by atomic mass is 14.7. The van der Waals surface area contributed by atoms with E-state index in [1.165, 1.54) is 17.7 Å². The van der Waals surface area contributed by atoms with Crippen LogP contribution in [0.2, 0.25) is 0 Å². The molecule has 0 aromatic carbocycles. The van der Waals surface area contributed by atoms with Crippen LogP contribution >= 0.6 is 0 Å². The van der Waals surface area contributed by atoms with Gasteiger partial charge in [0.15, 0.2) is 0 Å². The summed E-state index contributed by atoms with van der Waals surface area (Å²) in [5, 5.41) is 0. The van der Waals surface area contributed by atoms with E-state index in [0.717, 1.165) is 12.3 Å². The molecule has 0 aromatic heterocycles. The van der Waals surface area contributed by atoms with Gasteiger partial charge in [-0.3, -0.25) is 4.99 Å². The van der Waals surface area contributed by atoms with Crippen LogP contribution in [0.4, 0.5) is 0 Å². The van der Waals surface area contributed by atoms with Gasteiger partial charge in [-0.05, 0) is 23.8 Å². The van der Waals surface area contributed by atoms with Crippen LogP contribution in [0.15, 0.2) is 16.8 Å². The molecule has 1 rings (SSSR count). The van der Waals surface area contributed by atoms with Crippen molar-refractivity contribution in [3.8, 4) is 0 Å². The fourth-order valence-corrected chi connectivity index (χ4v) is 1.50. The third-order valence-corrected chi connectivity index (χ3v) is 2.16. The molecule has 1 aliphatic rings. The fourth-order valence-electron chi connectivity index (χ4n) is 1.50. The highest BCUT2D eigenvalue weighted by Crippen LogP contribution is 2.22. The van der Waals surface area contributed by atoms with Gasteiger partial charge in [0.2, 0.25) is 0 Å². The molecular weight excluding hydrogens is 146 g/mol. The first-order chi connectivity index (χ1) is 5.59. The maximum absolute atomic E-state index is 4.42. The van der Waals surface area contributed by atoms with E-state index in [2.05, 4.69) is 38.9 Å². The largest absolute Gasteiger partial charge is 0.265 e. The Balaban J connectivity index is 2.40. The Kier molecular flexibility index (Phi) is 3.07. The first kappa shape index (κ1) is 9.50. The minimum atomic E-state index is 0.617. The molecule has 1 nitrogen and oxygen atoms in total. The number of allylic oxidation sites excluding steroid dienone is 1. The van der Waals surface area contributed by atoms with Crippen LogP contribution in [-0.4, -0.2) is 5.71 Å². The number of hydrogen-bond acceptors (Lipinski definition) is 1. The second kappa shape index (κ2) is 3.88. The molecule has 0 saturated heterocycles. The molecule has 0 fully saturated rings. The third-order valence-electron chi connectivity index (χ3n) is 2.16. The number of rotatable bonds is 3. The van der Waals surface area contributed by atoms with Crippen molar-refractivity contribution in [1.82, 2.24) is 0 Å². The van der Waals surface area contributed by atoms with Crippen molar-refractivity contribution in [2.45, 2.75) is 40.5 Å². The lowest BCUT2D eigenvalue weighted by Crippen LogP contribution is -2.05. The van der Waals surface area contributed by atoms with Gasteiger partial charge in [0.1, 0.15) is 0 Å². The van der Waals surface area contributed by atoms with Gasteiger partial charge in [0, 0.05) is 18.3 Å². The normalized spacial score (nSPS) is 17.2. The van der Waals surface area contributed by atoms with Crippen LogP contribution in [0, 0.1) is 11.8 Å². The lowest BCUT2D eigenvalue weighted by molar-refractivity contribution is 0.637. The Morgan fingerprint density at radius 1 is 1.33 bits per heavy atom. The smallest absolute Gasteiger partial charge is 0.0263 e. The van der Waals surface area contributed by atoms with E-state index in [0.29, 0.717) is 5.92 Å². The molecule has 0 unspecified atom stereocenters. The van der Waals surface area contributed by atoms with Crippen molar-refractivity contribution in [1.29, 1.82) is 0 Å². The molecule has 0 bridgehead atoms. The molecule has 1 aliphatic heterocycles.